The lowest BCUT2D eigenvalue weighted by Gasteiger charge is -2.32. The van der Waals surface area contributed by atoms with Crippen molar-refractivity contribution in [3.63, 3.8) is 0 Å². The van der Waals surface area contributed by atoms with Gasteiger partial charge in [0.1, 0.15) is 17.3 Å². The molecule has 3 aromatic carbocycles. The fraction of sp³-hybridized carbons (Fsp3) is 0.130. The van der Waals surface area contributed by atoms with E-state index in [1.807, 2.05) is 42.5 Å². The van der Waals surface area contributed by atoms with E-state index in [1.54, 1.807) is 7.11 Å². The summed E-state index contributed by atoms with van der Waals surface area (Å²) >= 11 is 0. The summed E-state index contributed by atoms with van der Waals surface area (Å²) in [5, 5.41) is 0. The minimum absolute atomic E-state index is 0.712. The van der Waals surface area contributed by atoms with Gasteiger partial charge in [0.25, 0.3) is 0 Å². The van der Waals surface area contributed by atoms with Crippen LogP contribution in [0.1, 0.15) is 11.1 Å². The number of methoxy groups -OCH3 is 1. The summed E-state index contributed by atoms with van der Waals surface area (Å²) in [4.78, 5) is 2.34. The fourth-order valence-corrected chi connectivity index (χ4v) is 3.23. The summed E-state index contributed by atoms with van der Waals surface area (Å²) in [5.74, 6) is 2.64. The smallest absolute Gasteiger partial charge is 0.150 e. The Balaban J connectivity index is 1.68. The van der Waals surface area contributed by atoms with Gasteiger partial charge in [0.2, 0.25) is 0 Å². The minimum atomic E-state index is 0.712. The summed E-state index contributed by atoms with van der Waals surface area (Å²) in [5.41, 5.74) is 3.42. The van der Waals surface area contributed by atoms with Gasteiger partial charge in [0, 0.05) is 12.1 Å². The fourth-order valence-electron chi connectivity index (χ4n) is 3.23. The summed E-state index contributed by atoms with van der Waals surface area (Å²) in [7, 11) is 1.69. The highest BCUT2D eigenvalue weighted by Crippen LogP contribution is 2.36. The molecule has 0 saturated heterocycles. The molecule has 0 unspecified atom stereocenters. The number of para-hydroxylation sites is 3. The Morgan fingerprint density at radius 2 is 1.65 bits per heavy atom. The van der Waals surface area contributed by atoms with Gasteiger partial charge in [-0.1, -0.05) is 60.7 Å². The van der Waals surface area contributed by atoms with E-state index in [9.17, 15) is 0 Å². The first kappa shape index (κ1) is 16.3. The molecule has 1 aliphatic heterocycles. The van der Waals surface area contributed by atoms with E-state index in [-0.39, 0.29) is 0 Å². The van der Waals surface area contributed by atoms with Crippen molar-refractivity contribution in [2.24, 2.45) is 0 Å². The van der Waals surface area contributed by atoms with Crippen LogP contribution in [0.3, 0.4) is 0 Å². The number of hydrogen-bond donors (Lipinski definition) is 0. The first-order valence-electron chi connectivity index (χ1n) is 8.73. The molecule has 0 bridgehead atoms. The highest BCUT2D eigenvalue weighted by molar-refractivity contribution is 5.66. The molecule has 0 atom stereocenters. The number of benzene rings is 3. The van der Waals surface area contributed by atoms with Gasteiger partial charge in [-0.25, -0.2) is 0 Å². The topological polar surface area (TPSA) is 21.7 Å². The largest absolute Gasteiger partial charge is 0.496 e. The molecule has 0 aliphatic carbocycles. The maximum absolute atomic E-state index is 6.17. The molecule has 130 valence electrons. The van der Waals surface area contributed by atoms with E-state index < -0.39 is 0 Å². The summed E-state index contributed by atoms with van der Waals surface area (Å²) in [6.07, 6.45) is 2.06. The molecule has 26 heavy (non-hydrogen) atoms. The molecule has 0 amide bonds. The molecule has 0 aromatic heterocycles. The van der Waals surface area contributed by atoms with Gasteiger partial charge in [-0.2, -0.15) is 0 Å². The molecule has 0 fully saturated rings. The number of fused-ring (bicyclic) bond motifs is 1. The Morgan fingerprint density at radius 3 is 2.50 bits per heavy atom. The molecule has 0 spiro atoms. The van der Waals surface area contributed by atoms with Gasteiger partial charge in [0.05, 0.1) is 19.3 Å². The molecule has 3 nitrogen and oxygen atoms in total. The first-order chi connectivity index (χ1) is 12.8. The minimum Gasteiger partial charge on any atom is -0.496 e. The van der Waals surface area contributed by atoms with Crippen molar-refractivity contribution in [3.8, 4) is 11.5 Å². The van der Waals surface area contributed by atoms with Crippen LogP contribution in [0.2, 0.25) is 0 Å². The van der Waals surface area contributed by atoms with Crippen LogP contribution in [0.25, 0.3) is 6.08 Å². The van der Waals surface area contributed by atoms with Crippen LogP contribution in [-0.2, 0) is 6.54 Å². The maximum atomic E-state index is 6.17. The van der Waals surface area contributed by atoms with Crippen LogP contribution in [0.15, 0.2) is 84.6 Å². The van der Waals surface area contributed by atoms with Crippen molar-refractivity contribution in [2.45, 2.75) is 6.54 Å². The molecule has 1 aliphatic rings. The zero-order valence-electron chi connectivity index (χ0n) is 14.8. The monoisotopic (exact) mass is 343 g/mol. The normalized spacial score (nSPS) is 14.7. The molecule has 0 N–H and O–H groups in total. The van der Waals surface area contributed by atoms with Crippen LogP contribution >= 0.6 is 0 Å². The predicted molar refractivity (Wildman–Crippen MR) is 106 cm³/mol. The van der Waals surface area contributed by atoms with Gasteiger partial charge in [-0.05, 0) is 29.8 Å². The molecule has 0 saturated carbocycles. The Bertz CT molecular complexity index is 918. The number of hydrogen-bond acceptors (Lipinski definition) is 3. The van der Waals surface area contributed by atoms with E-state index in [0.717, 1.165) is 35.1 Å². The Kier molecular flexibility index (Phi) is 4.61. The van der Waals surface area contributed by atoms with Crippen molar-refractivity contribution >= 4 is 11.8 Å². The van der Waals surface area contributed by atoms with Gasteiger partial charge < -0.3 is 14.4 Å². The predicted octanol–water partition coefficient (Wildman–Crippen LogP) is 5.14. The van der Waals surface area contributed by atoms with Crippen molar-refractivity contribution in [1.82, 2.24) is 0 Å². The lowest BCUT2D eigenvalue weighted by Crippen LogP contribution is -2.30. The zero-order valence-corrected chi connectivity index (χ0v) is 14.8. The van der Waals surface area contributed by atoms with Crippen LogP contribution in [0, 0.1) is 0 Å². The summed E-state index contributed by atoms with van der Waals surface area (Å²) < 4.78 is 11.6. The van der Waals surface area contributed by atoms with Gasteiger partial charge in [-0.15, -0.1) is 0 Å². The van der Waals surface area contributed by atoms with Gasteiger partial charge >= 0.3 is 0 Å². The van der Waals surface area contributed by atoms with E-state index in [4.69, 9.17) is 9.47 Å². The second kappa shape index (κ2) is 7.36. The standard InChI is InChI=1S/C23H21NO2/c1-25-22-13-7-5-11-19(22)15-20-17-24(16-18-9-3-2-4-10-18)21-12-6-8-14-23(21)26-20/h2-15H,16-17H2,1H3/b20-15-. The number of anilines is 1. The van der Waals surface area contributed by atoms with Crippen LogP contribution in [0.4, 0.5) is 5.69 Å². The lowest BCUT2D eigenvalue weighted by atomic mass is 10.1. The molecule has 3 heteroatoms. The first-order valence-corrected chi connectivity index (χ1v) is 8.73. The van der Waals surface area contributed by atoms with Gasteiger partial charge in [0.15, 0.2) is 0 Å². The van der Waals surface area contributed by atoms with Crippen LogP contribution in [0.5, 0.6) is 11.5 Å². The third kappa shape index (κ3) is 3.42. The van der Waals surface area contributed by atoms with E-state index in [0.29, 0.717) is 6.54 Å². The van der Waals surface area contributed by atoms with E-state index in [1.165, 1.54) is 5.56 Å². The number of ether oxygens (including phenoxy) is 2. The highest BCUT2D eigenvalue weighted by atomic mass is 16.5. The maximum Gasteiger partial charge on any atom is 0.150 e. The highest BCUT2D eigenvalue weighted by Gasteiger charge is 2.21. The second-order valence-corrected chi connectivity index (χ2v) is 6.26. The van der Waals surface area contributed by atoms with Crippen molar-refractivity contribution < 1.29 is 9.47 Å². The second-order valence-electron chi connectivity index (χ2n) is 6.26. The van der Waals surface area contributed by atoms with Crippen molar-refractivity contribution in [1.29, 1.82) is 0 Å². The van der Waals surface area contributed by atoms with Gasteiger partial charge in [-0.3, -0.25) is 0 Å². The molecule has 0 radical (unpaired) electrons. The lowest BCUT2D eigenvalue weighted by molar-refractivity contribution is 0.397. The molecule has 4 rings (SSSR count). The molecule has 1 heterocycles. The molecule has 3 aromatic rings. The summed E-state index contributed by atoms with van der Waals surface area (Å²) in [6, 6.07) is 26.7. The Hall–Kier alpha value is -3.20. The third-order valence-electron chi connectivity index (χ3n) is 4.47. The number of nitrogens with zero attached hydrogens (tertiary/aromatic N) is 1. The average Bonchev–Trinajstić information content (AvgIpc) is 2.69. The zero-order chi connectivity index (χ0) is 17.8. The average molecular weight is 343 g/mol. The number of rotatable bonds is 4. The van der Waals surface area contributed by atoms with Crippen LogP contribution in [-0.4, -0.2) is 13.7 Å². The van der Waals surface area contributed by atoms with Crippen LogP contribution < -0.4 is 14.4 Å². The molecular formula is C23H21NO2. The third-order valence-corrected chi connectivity index (χ3v) is 4.47. The summed E-state index contributed by atoms with van der Waals surface area (Å²) in [6.45, 7) is 1.55. The quantitative estimate of drug-likeness (QED) is 0.655. The SMILES string of the molecule is COc1ccccc1/C=C1/CN(Cc2ccccc2)c2ccccc2O1. The van der Waals surface area contributed by atoms with Crippen molar-refractivity contribution in [2.75, 3.05) is 18.6 Å². The van der Waals surface area contributed by atoms with E-state index >= 15 is 0 Å². The van der Waals surface area contributed by atoms with Crippen molar-refractivity contribution in [3.05, 3.63) is 95.7 Å². The van der Waals surface area contributed by atoms with E-state index in [2.05, 4.69) is 47.4 Å². The Labute approximate surface area is 154 Å². The molecular weight excluding hydrogens is 322 g/mol. The Morgan fingerprint density at radius 1 is 0.923 bits per heavy atom.